The van der Waals surface area contributed by atoms with Gasteiger partial charge in [-0.15, -0.1) is 0 Å². The number of methoxy groups -OCH3 is 1. The van der Waals surface area contributed by atoms with Crippen LogP contribution in [0.2, 0.25) is 0 Å². The lowest BCUT2D eigenvalue weighted by molar-refractivity contribution is 0.414. The Labute approximate surface area is 91.5 Å². The number of hydrogen-bond acceptors (Lipinski definition) is 5. The average Bonchev–Trinajstić information content (AvgIpc) is 2.27. The van der Waals surface area contributed by atoms with E-state index in [-0.39, 0.29) is 0 Å². The smallest absolute Gasteiger partial charge is 0.171 e. The molecule has 74 valence electrons. The van der Waals surface area contributed by atoms with E-state index in [1.54, 1.807) is 30.8 Å². The van der Waals surface area contributed by atoms with Crippen molar-refractivity contribution in [2.45, 2.75) is 4.90 Å². The molecule has 14 heavy (non-hydrogen) atoms. The molecule has 1 aliphatic heterocycles. The van der Waals surface area contributed by atoms with Gasteiger partial charge in [-0.3, -0.25) is 0 Å². The van der Waals surface area contributed by atoms with E-state index in [2.05, 4.69) is 9.71 Å². The fourth-order valence-electron chi connectivity index (χ4n) is 1.11. The zero-order valence-electron chi connectivity index (χ0n) is 7.90. The maximum absolute atomic E-state index is 5.14. The summed E-state index contributed by atoms with van der Waals surface area (Å²) in [5.41, 5.74) is 0.999. The van der Waals surface area contributed by atoms with Crippen molar-refractivity contribution in [1.29, 1.82) is 0 Å². The fraction of sp³-hybridized carbons (Fsp3) is 0.222. The molecule has 0 saturated heterocycles. The van der Waals surface area contributed by atoms with Gasteiger partial charge in [-0.25, -0.2) is 4.99 Å². The Bertz CT molecular complexity index is 379. The molecule has 2 rings (SSSR count). The second kappa shape index (κ2) is 4.14. The fourth-order valence-corrected chi connectivity index (χ4v) is 2.40. The molecule has 0 aliphatic carbocycles. The van der Waals surface area contributed by atoms with Crippen LogP contribution in [0.15, 0.2) is 28.1 Å². The van der Waals surface area contributed by atoms with Crippen LogP contribution in [0, 0.1) is 0 Å². The van der Waals surface area contributed by atoms with E-state index >= 15 is 0 Å². The first-order valence-electron chi connectivity index (χ1n) is 4.07. The van der Waals surface area contributed by atoms with Gasteiger partial charge < -0.3 is 9.46 Å². The van der Waals surface area contributed by atoms with Gasteiger partial charge in [0.2, 0.25) is 0 Å². The van der Waals surface area contributed by atoms with Crippen LogP contribution in [0.1, 0.15) is 0 Å². The minimum Gasteiger partial charge on any atom is -0.497 e. The first-order valence-corrected chi connectivity index (χ1v) is 6.11. The number of ether oxygens (including phenoxy) is 1. The third-order valence-corrected chi connectivity index (χ3v) is 3.38. The maximum atomic E-state index is 5.14. The zero-order chi connectivity index (χ0) is 9.97. The van der Waals surface area contributed by atoms with Crippen molar-refractivity contribution in [2.75, 3.05) is 13.4 Å². The molecule has 0 atom stereocenters. The van der Waals surface area contributed by atoms with Crippen LogP contribution < -0.4 is 9.46 Å². The number of nitrogens with one attached hydrogen (secondary N) is 1. The molecule has 0 bridgehead atoms. The van der Waals surface area contributed by atoms with Crippen LogP contribution in [0.25, 0.3) is 0 Å². The molecule has 0 spiro atoms. The minimum absolute atomic E-state index is 0.862. The van der Waals surface area contributed by atoms with Crippen molar-refractivity contribution in [1.82, 2.24) is 4.72 Å². The summed E-state index contributed by atoms with van der Waals surface area (Å²) in [6, 6.07) is 5.87. The van der Waals surface area contributed by atoms with Crippen LogP contribution in [0.5, 0.6) is 5.75 Å². The normalized spacial score (nSPS) is 14.0. The summed E-state index contributed by atoms with van der Waals surface area (Å²) < 4.78 is 8.29. The molecular weight excluding hydrogens is 216 g/mol. The van der Waals surface area contributed by atoms with Gasteiger partial charge in [-0.2, -0.15) is 0 Å². The van der Waals surface area contributed by atoms with E-state index in [9.17, 15) is 0 Å². The third-order valence-electron chi connectivity index (χ3n) is 1.83. The average molecular weight is 226 g/mol. The van der Waals surface area contributed by atoms with Crippen molar-refractivity contribution in [3.63, 3.8) is 0 Å². The lowest BCUT2D eigenvalue weighted by Gasteiger charge is -2.15. The Hall–Kier alpha value is -0.810. The van der Waals surface area contributed by atoms with Gasteiger partial charge in [0, 0.05) is 0 Å². The molecule has 0 unspecified atom stereocenters. The quantitative estimate of drug-likeness (QED) is 0.746. The molecule has 0 radical (unpaired) electrons. The maximum Gasteiger partial charge on any atom is 0.171 e. The molecule has 1 aromatic carbocycles. The number of amidine groups is 1. The number of rotatable bonds is 1. The molecule has 3 nitrogen and oxygen atoms in total. The third kappa shape index (κ3) is 1.83. The number of benzene rings is 1. The molecule has 0 saturated carbocycles. The number of fused-ring (bicyclic) bond motifs is 1. The molecule has 1 N–H and O–H groups in total. The van der Waals surface area contributed by atoms with E-state index in [4.69, 9.17) is 4.74 Å². The first kappa shape index (κ1) is 9.73. The molecule has 1 heterocycles. The number of thioether (sulfide) groups is 1. The highest BCUT2D eigenvalue weighted by Crippen LogP contribution is 2.35. The molecular formula is C9H10N2OS2. The van der Waals surface area contributed by atoms with Gasteiger partial charge >= 0.3 is 0 Å². The molecule has 1 aliphatic rings. The van der Waals surface area contributed by atoms with Crippen molar-refractivity contribution in [2.24, 2.45) is 4.99 Å². The molecule has 0 aromatic heterocycles. The van der Waals surface area contributed by atoms with Gasteiger partial charge in [0.25, 0.3) is 0 Å². The van der Waals surface area contributed by atoms with Gasteiger partial charge in [-0.1, -0.05) is 11.8 Å². The van der Waals surface area contributed by atoms with Crippen molar-refractivity contribution < 1.29 is 4.74 Å². The molecule has 1 aromatic rings. The first-order chi connectivity index (χ1) is 6.83. The predicted molar refractivity (Wildman–Crippen MR) is 62.6 cm³/mol. The van der Waals surface area contributed by atoms with Crippen LogP contribution in [0.4, 0.5) is 5.69 Å². The summed E-state index contributed by atoms with van der Waals surface area (Å²) in [7, 11) is 1.67. The highest BCUT2D eigenvalue weighted by Gasteiger charge is 2.11. The summed E-state index contributed by atoms with van der Waals surface area (Å²) in [5.74, 6) is 0.862. The monoisotopic (exact) mass is 226 g/mol. The topological polar surface area (TPSA) is 33.6 Å². The highest BCUT2D eigenvalue weighted by atomic mass is 32.2. The van der Waals surface area contributed by atoms with Crippen molar-refractivity contribution >= 4 is 34.6 Å². The van der Waals surface area contributed by atoms with E-state index in [0.717, 1.165) is 21.5 Å². The number of nitrogens with zero attached hydrogens (tertiary/aromatic N) is 1. The SMILES string of the molecule is COc1ccc2c(c1)SNC(SC)=N2. The Morgan fingerprint density at radius 3 is 3.07 bits per heavy atom. The zero-order valence-corrected chi connectivity index (χ0v) is 9.54. The lowest BCUT2D eigenvalue weighted by atomic mass is 10.3. The molecule has 0 amide bonds. The lowest BCUT2D eigenvalue weighted by Crippen LogP contribution is -2.13. The second-order valence-electron chi connectivity index (χ2n) is 2.66. The van der Waals surface area contributed by atoms with Gasteiger partial charge in [0.05, 0.1) is 17.7 Å². The second-order valence-corrected chi connectivity index (χ2v) is 4.30. The van der Waals surface area contributed by atoms with Gasteiger partial charge in [-0.05, 0) is 36.4 Å². The van der Waals surface area contributed by atoms with Crippen LogP contribution >= 0.6 is 23.7 Å². The molecule has 5 heteroatoms. The number of aliphatic imine (C=N–C) groups is 1. The molecule has 0 fully saturated rings. The summed E-state index contributed by atoms with van der Waals surface area (Å²) in [6.07, 6.45) is 2.00. The van der Waals surface area contributed by atoms with Crippen molar-refractivity contribution in [3.8, 4) is 5.75 Å². The Morgan fingerprint density at radius 2 is 2.36 bits per heavy atom. The summed E-state index contributed by atoms with van der Waals surface area (Å²) in [4.78, 5) is 5.53. The van der Waals surface area contributed by atoms with Gasteiger partial charge in [0.1, 0.15) is 5.75 Å². The number of hydrogen-bond donors (Lipinski definition) is 1. The summed E-state index contributed by atoms with van der Waals surface area (Å²) in [5, 5.41) is 0.938. The van der Waals surface area contributed by atoms with E-state index < -0.39 is 0 Å². The van der Waals surface area contributed by atoms with Crippen LogP contribution in [-0.4, -0.2) is 18.5 Å². The van der Waals surface area contributed by atoms with E-state index in [0.29, 0.717) is 0 Å². The van der Waals surface area contributed by atoms with E-state index in [1.807, 2.05) is 24.5 Å². The van der Waals surface area contributed by atoms with Crippen molar-refractivity contribution in [3.05, 3.63) is 18.2 Å². The summed E-state index contributed by atoms with van der Waals surface area (Å²) >= 11 is 3.18. The highest BCUT2D eigenvalue weighted by molar-refractivity contribution is 8.15. The Balaban J connectivity index is 2.37. The minimum atomic E-state index is 0.862. The van der Waals surface area contributed by atoms with Crippen LogP contribution in [-0.2, 0) is 0 Å². The Kier molecular flexibility index (Phi) is 2.88. The summed E-state index contributed by atoms with van der Waals surface area (Å²) in [6.45, 7) is 0. The standard InChI is InChI=1S/C9H10N2OS2/c1-12-6-3-4-7-8(5-6)14-11-9(10-7)13-2/h3-5H,1-2H3,(H,10,11). The predicted octanol–water partition coefficient (Wildman–Crippen LogP) is 2.66. The van der Waals surface area contributed by atoms with Gasteiger partial charge in [0.15, 0.2) is 5.17 Å². The van der Waals surface area contributed by atoms with Crippen LogP contribution in [0.3, 0.4) is 0 Å². The largest absolute Gasteiger partial charge is 0.497 e. The Morgan fingerprint density at radius 1 is 1.50 bits per heavy atom. The van der Waals surface area contributed by atoms with E-state index in [1.165, 1.54) is 0 Å².